The maximum atomic E-state index is 12.5. The number of aromatic nitrogens is 2. The van der Waals surface area contributed by atoms with Crippen molar-refractivity contribution in [2.45, 2.75) is 11.3 Å². The Morgan fingerprint density at radius 2 is 1.96 bits per heavy atom. The number of fused-ring (bicyclic) bond motifs is 1. The predicted octanol–water partition coefficient (Wildman–Crippen LogP) is 2.50. The Bertz CT molecular complexity index is 1040. The van der Waals surface area contributed by atoms with Crippen LogP contribution in [-0.2, 0) is 16.4 Å². The van der Waals surface area contributed by atoms with Crippen molar-refractivity contribution in [2.24, 2.45) is 0 Å². The zero-order valence-corrected chi connectivity index (χ0v) is 15.9. The lowest BCUT2D eigenvalue weighted by atomic mass is 10.3. The molecule has 7 nitrogen and oxygen atoms in total. The van der Waals surface area contributed by atoms with E-state index in [9.17, 15) is 8.42 Å². The fraction of sp³-hybridized carbons (Fsp3) is 0.222. The summed E-state index contributed by atoms with van der Waals surface area (Å²) < 4.78 is 38.5. The molecule has 27 heavy (non-hydrogen) atoms. The number of pyridine rings is 1. The maximum absolute atomic E-state index is 12.5. The molecule has 0 saturated heterocycles. The van der Waals surface area contributed by atoms with Crippen LogP contribution in [0, 0.1) is 0 Å². The molecule has 2 aromatic heterocycles. The highest BCUT2D eigenvalue weighted by Gasteiger charge is 2.19. The van der Waals surface area contributed by atoms with Crippen LogP contribution in [0.5, 0.6) is 11.5 Å². The highest BCUT2D eigenvalue weighted by atomic mass is 32.2. The summed E-state index contributed by atoms with van der Waals surface area (Å²) in [5.41, 5.74) is 1.64. The first-order chi connectivity index (χ1) is 13.1. The van der Waals surface area contributed by atoms with E-state index in [2.05, 4.69) is 14.7 Å². The first-order valence-electron chi connectivity index (χ1n) is 8.37. The zero-order valence-electron chi connectivity index (χ0n) is 14.3. The Balaban J connectivity index is 1.39. The Morgan fingerprint density at radius 1 is 1.11 bits per heavy atom. The van der Waals surface area contributed by atoms with Gasteiger partial charge in [-0.05, 0) is 24.3 Å². The summed E-state index contributed by atoms with van der Waals surface area (Å²) in [5.74, 6) is 1.01. The fourth-order valence-electron chi connectivity index (χ4n) is 2.62. The van der Waals surface area contributed by atoms with Crippen LogP contribution in [0.1, 0.15) is 5.69 Å². The van der Waals surface area contributed by atoms with Crippen molar-refractivity contribution in [2.75, 3.05) is 19.8 Å². The van der Waals surface area contributed by atoms with Crippen LogP contribution >= 0.6 is 11.3 Å². The molecule has 0 fully saturated rings. The van der Waals surface area contributed by atoms with E-state index in [0.717, 1.165) is 16.4 Å². The van der Waals surface area contributed by atoms with Crippen molar-refractivity contribution in [1.82, 2.24) is 14.7 Å². The van der Waals surface area contributed by atoms with Gasteiger partial charge in [0.15, 0.2) is 11.5 Å². The SMILES string of the molecule is O=S(=O)(NCCc1csc(-c2ccccn2)n1)c1ccc2c(c1)OCCO2. The number of benzene rings is 1. The summed E-state index contributed by atoms with van der Waals surface area (Å²) in [6.07, 6.45) is 2.21. The molecule has 0 saturated carbocycles. The van der Waals surface area contributed by atoms with Crippen LogP contribution in [0.3, 0.4) is 0 Å². The summed E-state index contributed by atoms with van der Waals surface area (Å²) >= 11 is 1.49. The summed E-state index contributed by atoms with van der Waals surface area (Å²) in [6.45, 7) is 1.13. The van der Waals surface area contributed by atoms with Crippen LogP contribution in [-0.4, -0.2) is 38.1 Å². The molecule has 9 heteroatoms. The summed E-state index contributed by atoms with van der Waals surface area (Å²) in [7, 11) is -3.63. The van der Waals surface area contributed by atoms with Gasteiger partial charge in [0, 0.05) is 30.6 Å². The van der Waals surface area contributed by atoms with Gasteiger partial charge in [0.2, 0.25) is 10.0 Å². The molecule has 1 aliphatic heterocycles. The molecule has 1 aliphatic rings. The van der Waals surface area contributed by atoms with Crippen LogP contribution in [0.2, 0.25) is 0 Å². The Labute approximate surface area is 161 Å². The lowest BCUT2D eigenvalue weighted by Crippen LogP contribution is -2.26. The monoisotopic (exact) mass is 403 g/mol. The van der Waals surface area contributed by atoms with Gasteiger partial charge in [-0.1, -0.05) is 6.07 Å². The standard InChI is InChI=1S/C18H17N3O4S2/c22-27(23,14-4-5-16-17(11-14)25-10-9-24-16)20-8-6-13-12-26-18(21-13)15-3-1-2-7-19-15/h1-5,7,11-12,20H,6,8-10H2. The summed E-state index contributed by atoms with van der Waals surface area (Å²) in [5, 5.41) is 2.74. The number of ether oxygens (including phenoxy) is 2. The lowest BCUT2D eigenvalue weighted by molar-refractivity contribution is 0.171. The van der Waals surface area contributed by atoms with E-state index < -0.39 is 10.0 Å². The number of thiazole rings is 1. The van der Waals surface area contributed by atoms with E-state index in [4.69, 9.17) is 9.47 Å². The predicted molar refractivity (Wildman–Crippen MR) is 102 cm³/mol. The van der Waals surface area contributed by atoms with Crippen LogP contribution < -0.4 is 14.2 Å². The average molecular weight is 403 g/mol. The number of hydrogen-bond acceptors (Lipinski definition) is 7. The first kappa shape index (κ1) is 17.9. The van der Waals surface area contributed by atoms with E-state index in [0.29, 0.717) is 31.1 Å². The third-order valence-corrected chi connectivity index (χ3v) is 6.31. The van der Waals surface area contributed by atoms with Crippen molar-refractivity contribution < 1.29 is 17.9 Å². The number of nitrogens with one attached hydrogen (secondary N) is 1. The lowest BCUT2D eigenvalue weighted by Gasteiger charge is -2.18. The minimum absolute atomic E-state index is 0.152. The number of nitrogens with zero attached hydrogens (tertiary/aromatic N) is 2. The number of rotatable bonds is 6. The topological polar surface area (TPSA) is 90.4 Å². The van der Waals surface area contributed by atoms with E-state index in [1.807, 2.05) is 23.6 Å². The molecule has 140 valence electrons. The summed E-state index contributed by atoms with van der Waals surface area (Å²) in [4.78, 5) is 8.94. The molecule has 0 atom stereocenters. The van der Waals surface area contributed by atoms with Gasteiger partial charge in [-0.15, -0.1) is 11.3 Å². The van der Waals surface area contributed by atoms with Gasteiger partial charge in [0.1, 0.15) is 18.2 Å². The maximum Gasteiger partial charge on any atom is 0.240 e. The number of sulfonamides is 1. The normalized spacial score (nSPS) is 13.5. The van der Waals surface area contributed by atoms with Crippen LogP contribution in [0.4, 0.5) is 0 Å². The molecule has 3 heterocycles. The van der Waals surface area contributed by atoms with E-state index in [1.165, 1.54) is 23.5 Å². The second-order valence-corrected chi connectivity index (χ2v) is 8.44. The highest BCUT2D eigenvalue weighted by Crippen LogP contribution is 2.32. The van der Waals surface area contributed by atoms with Gasteiger partial charge >= 0.3 is 0 Å². The molecule has 0 amide bonds. The van der Waals surface area contributed by atoms with Gasteiger partial charge in [-0.3, -0.25) is 4.98 Å². The Kier molecular flexibility index (Phi) is 5.06. The molecule has 0 spiro atoms. The van der Waals surface area contributed by atoms with Crippen LogP contribution in [0.25, 0.3) is 10.7 Å². The molecule has 0 radical (unpaired) electrons. The Morgan fingerprint density at radius 3 is 2.78 bits per heavy atom. The van der Waals surface area contributed by atoms with Gasteiger partial charge in [-0.25, -0.2) is 18.1 Å². The smallest absolute Gasteiger partial charge is 0.240 e. The van der Waals surface area contributed by atoms with E-state index >= 15 is 0 Å². The van der Waals surface area contributed by atoms with Crippen molar-refractivity contribution in [3.8, 4) is 22.2 Å². The van der Waals surface area contributed by atoms with Gasteiger partial charge in [0.05, 0.1) is 16.3 Å². The minimum atomic E-state index is -3.63. The molecule has 1 N–H and O–H groups in total. The van der Waals surface area contributed by atoms with Crippen molar-refractivity contribution in [1.29, 1.82) is 0 Å². The molecule has 1 aromatic carbocycles. The minimum Gasteiger partial charge on any atom is -0.486 e. The molecule has 4 rings (SSSR count). The van der Waals surface area contributed by atoms with E-state index in [1.54, 1.807) is 12.3 Å². The number of hydrogen-bond donors (Lipinski definition) is 1. The van der Waals surface area contributed by atoms with Crippen molar-refractivity contribution >= 4 is 21.4 Å². The zero-order chi connectivity index (χ0) is 18.7. The molecule has 0 bridgehead atoms. The second-order valence-electron chi connectivity index (χ2n) is 5.81. The van der Waals surface area contributed by atoms with Crippen LogP contribution in [0.15, 0.2) is 52.9 Å². The van der Waals surface area contributed by atoms with Gasteiger partial charge in [-0.2, -0.15) is 0 Å². The Hall–Kier alpha value is -2.49. The summed E-state index contributed by atoms with van der Waals surface area (Å²) in [6, 6.07) is 10.3. The molecule has 0 aliphatic carbocycles. The van der Waals surface area contributed by atoms with E-state index in [-0.39, 0.29) is 11.4 Å². The molecule has 0 unspecified atom stereocenters. The van der Waals surface area contributed by atoms with Crippen molar-refractivity contribution in [3.63, 3.8) is 0 Å². The molecule has 3 aromatic rings. The average Bonchev–Trinajstić information content (AvgIpc) is 3.17. The third-order valence-electron chi connectivity index (χ3n) is 3.93. The highest BCUT2D eigenvalue weighted by molar-refractivity contribution is 7.89. The fourth-order valence-corrected chi connectivity index (χ4v) is 4.49. The third kappa shape index (κ3) is 4.10. The van der Waals surface area contributed by atoms with Gasteiger partial charge in [0.25, 0.3) is 0 Å². The molecular weight excluding hydrogens is 386 g/mol. The second kappa shape index (κ2) is 7.63. The first-order valence-corrected chi connectivity index (χ1v) is 10.7. The van der Waals surface area contributed by atoms with Gasteiger partial charge < -0.3 is 9.47 Å². The van der Waals surface area contributed by atoms with Crippen molar-refractivity contribution in [3.05, 3.63) is 53.7 Å². The molecular formula is C18H17N3O4S2. The largest absolute Gasteiger partial charge is 0.486 e. The quantitative estimate of drug-likeness (QED) is 0.680.